The summed E-state index contributed by atoms with van der Waals surface area (Å²) in [4.78, 5) is 27.0. The molecule has 1 aliphatic rings. The highest BCUT2D eigenvalue weighted by Crippen LogP contribution is 2.29. The van der Waals surface area contributed by atoms with Crippen molar-refractivity contribution in [3.05, 3.63) is 34.9 Å². The number of rotatable bonds is 5. The molecule has 1 unspecified atom stereocenters. The van der Waals surface area contributed by atoms with Crippen molar-refractivity contribution >= 4 is 23.4 Å². The number of hydrogen-bond donors (Lipinski definition) is 2. The van der Waals surface area contributed by atoms with Gasteiger partial charge in [0.05, 0.1) is 11.3 Å². The van der Waals surface area contributed by atoms with Crippen molar-refractivity contribution in [2.75, 3.05) is 26.2 Å². The second-order valence-corrected chi connectivity index (χ2v) is 7.24. The van der Waals surface area contributed by atoms with Crippen LogP contribution in [-0.4, -0.2) is 42.9 Å². The van der Waals surface area contributed by atoms with Crippen LogP contribution in [0, 0.1) is 5.92 Å². The van der Waals surface area contributed by atoms with Crippen molar-refractivity contribution in [2.24, 2.45) is 11.7 Å². The summed E-state index contributed by atoms with van der Waals surface area (Å²) in [6, 6.07) is 7.36. The van der Waals surface area contributed by atoms with Crippen LogP contribution in [0.25, 0.3) is 0 Å². The summed E-state index contributed by atoms with van der Waals surface area (Å²) in [6.07, 6.45) is 1.64. The molecule has 0 saturated carbocycles. The lowest BCUT2D eigenvalue weighted by Crippen LogP contribution is -2.50. The Morgan fingerprint density at radius 2 is 2.00 bits per heavy atom. The zero-order chi connectivity index (χ0) is 17.7. The van der Waals surface area contributed by atoms with E-state index >= 15 is 0 Å². The molecule has 1 saturated heterocycles. The first-order chi connectivity index (χ1) is 11.4. The van der Waals surface area contributed by atoms with Gasteiger partial charge in [0.15, 0.2) is 0 Å². The molecular weight excluding hydrogens is 326 g/mol. The van der Waals surface area contributed by atoms with Gasteiger partial charge in [-0.2, -0.15) is 0 Å². The predicted octanol–water partition coefficient (Wildman–Crippen LogP) is 1.93. The Kier molecular flexibility index (Phi) is 6.24. The molecule has 2 amide bonds. The summed E-state index contributed by atoms with van der Waals surface area (Å²) in [5, 5.41) is 3.47. The van der Waals surface area contributed by atoms with Crippen LogP contribution >= 0.6 is 11.6 Å². The summed E-state index contributed by atoms with van der Waals surface area (Å²) >= 11 is 5.94. The maximum atomic E-state index is 13.0. The average molecular weight is 352 g/mol. The second-order valence-electron chi connectivity index (χ2n) is 6.80. The molecule has 1 aromatic carbocycles. The van der Waals surface area contributed by atoms with E-state index in [0.717, 1.165) is 18.4 Å². The van der Waals surface area contributed by atoms with Crippen LogP contribution in [0.3, 0.4) is 0 Å². The Bertz CT molecular complexity index is 586. The van der Waals surface area contributed by atoms with E-state index in [1.165, 1.54) is 0 Å². The Balaban J connectivity index is 2.07. The largest absolute Gasteiger partial charge is 0.355 e. The minimum Gasteiger partial charge on any atom is -0.355 e. The van der Waals surface area contributed by atoms with Gasteiger partial charge in [-0.15, -0.1) is 0 Å². The number of piperidine rings is 1. The third-order valence-corrected chi connectivity index (χ3v) is 4.88. The topological polar surface area (TPSA) is 75.4 Å². The van der Waals surface area contributed by atoms with Crippen LogP contribution in [0.5, 0.6) is 0 Å². The molecule has 132 valence electrons. The highest BCUT2D eigenvalue weighted by molar-refractivity contribution is 6.30. The van der Waals surface area contributed by atoms with Crippen molar-refractivity contribution in [3.63, 3.8) is 0 Å². The molecule has 0 aliphatic carbocycles. The van der Waals surface area contributed by atoms with E-state index in [1.54, 1.807) is 12.1 Å². The Hall–Kier alpha value is -1.59. The summed E-state index contributed by atoms with van der Waals surface area (Å²) in [5.74, 6) is -0.126. The standard InChI is InChI=1S/C18H26ClN3O2/c1-18(2,14-5-7-15(19)8-6-14)17(24)22-11-3-4-13(12-22)16(23)21-10-9-20/h5-8,13H,3-4,9-12,20H2,1-2H3,(H,21,23). The van der Waals surface area contributed by atoms with Crippen molar-refractivity contribution < 1.29 is 9.59 Å². The van der Waals surface area contributed by atoms with Crippen LogP contribution < -0.4 is 11.1 Å². The number of carbonyl (C=O) groups is 2. The molecule has 0 aromatic heterocycles. The van der Waals surface area contributed by atoms with Crippen molar-refractivity contribution in [2.45, 2.75) is 32.1 Å². The minimum atomic E-state index is -0.653. The van der Waals surface area contributed by atoms with Crippen LogP contribution in [0.2, 0.25) is 5.02 Å². The fourth-order valence-corrected chi connectivity index (χ4v) is 3.23. The van der Waals surface area contributed by atoms with Gasteiger partial charge in [-0.1, -0.05) is 23.7 Å². The number of benzene rings is 1. The minimum absolute atomic E-state index is 0.0118. The predicted molar refractivity (Wildman–Crippen MR) is 95.8 cm³/mol. The first kappa shape index (κ1) is 18.7. The molecule has 0 spiro atoms. The molecule has 2 rings (SSSR count). The lowest BCUT2D eigenvalue weighted by atomic mass is 9.82. The number of halogens is 1. The van der Waals surface area contributed by atoms with Crippen molar-refractivity contribution in [1.29, 1.82) is 0 Å². The normalized spacial score (nSPS) is 18.3. The Morgan fingerprint density at radius 3 is 2.62 bits per heavy atom. The molecule has 0 bridgehead atoms. The lowest BCUT2D eigenvalue weighted by molar-refractivity contribution is -0.140. The number of amides is 2. The number of nitrogens with two attached hydrogens (primary N) is 1. The fourth-order valence-electron chi connectivity index (χ4n) is 3.10. The van der Waals surface area contributed by atoms with Gasteiger partial charge in [0.2, 0.25) is 11.8 Å². The third-order valence-electron chi connectivity index (χ3n) is 4.62. The Labute approximate surface area is 148 Å². The monoisotopic (exact) mass is 351 g/mol. The van der Waals surface area contributed by atoms with E-state index in [1.807, 2.05) is 30.9 Å². The van der Waals surface area contributed by atoms with Crippen molar-refractivity contribution in [3.8, 4) is 0 Å². The molecule has 1 heterocycles. The second kappa shape index (κ2) is 7.99. The summed E-state index contributed by atoms with van der Waals surface area (Å²) < 4.78 is 0. The number of hydrogen-bond acceptors (Lipinski definition) is 3. The quantitative estimate of drug-likeness (QED) is 0.851. The maximum Gasteiger partial charge on any atom is 0.232 e. The first-order valence-electron chi connectivity index (χ1n) is 8.39. The van der Waals surface area contributed by atoms with Gasteiger partial charge in [-0.3, -0.25) is 9.59 Å². The van der Waals surface area contributed by atoms with E-state index in [2.05, 4.69) is 5.32 Å². The van der Waals surface area contributed by atoms with Gasteiger partial charge in [-0.25, -0.2) is 0 Å². The number of nitrogens with one attached hydrogen (secondary N) is 1. The first-order valence-corrected chi connectivity index (χ1v) is 8.77. The lowest BCUT2D eigenvalue weighted by Gasteiger charge is -2.37. The van der Waals surface area contributed by atoms with Crippen LogP contribution in [0.1, 0.15) is 32.3 Å². The van der Waals surface area contributed by atoms with Gasteiger partial charge in [0.1, 0.15) is 0 Å². The van der Waals surface area contributed by atoms with Crippen molar-refractivity contribution in [1.82, 2.24) is 10.2 Å². The van der Waals surface area contributed by atoms with Gasteiger partial charge in [0, 0.05) is 31.2 Å². The third kappa shape index (κ3) is 4.28. The molecule has 1 atom stereocenters. The summed E-state index contributed by atoms with van der Waals surface area (Å²) in [5.41, 5.74) is 5.70. The molecule has 0 radical (unpaired) electrons. The van der Waals surface area contributed by atoms with Crippen LogP contribution in [0.4, 0.5) is 0 Å². The van der Waals surface area contributed by atoms with Gasteiger partial charge in [-0.05, 0) is 44.4 Å². The number of likely N-dealkylation sites (tertiary alicyclic amines) is 1. The molecule has 1 aliphatic heterocycles. The molecule has 1 fully saturated rings. The molecule has 3 N–H and O–H groups in total. The maximum absolute atomic E-state index is 13.0. The molecule has 6 heteroatoms. The van der Waals surface area contributed by atoms with E-state index in [9.17, 15) is 9.59 Å². The van der Waals surface area contributed by atoms with Crippen LogP contribution in [-0.2, 0) is 15.0 Å². The van der Waals surface area contributed by atoms with E-state index in [4.69, 9.17) is 17.3 Å². The average Bonchev–Trinajstić information content (AvgIpc) is 2.59. The van der Waals surface area contributed by atoms with E-state index < -0.39 is 5.41 Å². The van der Waals surface area contributed by atoms with E-state index in [-0.39, 0.29) is 17.7 Å². The van der Waals surface area contributed by atoms with E-state index in [0.29, 0.717) is 31.2 Å². The van der Waals surface area contributed by atoms with Gasteiger partial charge in [0.25, 0.3) is 0 Å². The zero-order valence-corrected chi connectivity index (χ0v) is 15.1. The molecule has 1 aromatic rings. The van der Waals surface area contributed by atoms with Gasteiger partial charge < -0.3 is 16.0 Å². The number of carbonyl (C=O) groups excluding carboxylic acids is 2. The Morgan fingerprint density at radius 1 is 1.33 bits per heavy atom. The van der Waals surface area contributed by atoms with Crippen LogP contribution in [0.15, 0.2) is 24.3 Å². The number of nitrogens with zero attached hydrogens (tertiary/aromatic N) is 1. The highest BCUT2D eigenvalue weighted by atomic mass is 35.5. The summed E-state index contributed by atoms with van der Waals surface area (Å²) in [6.45, 7) is 5.88. The summed E-state index contributed by atoms with van der Waals surface area (Å²) in [7, 11) is 0. The SMILES string of the molecule is CC(C)(C(=O)N1CCCC(C(=O)NCCN)C1)c1ccc(Cl)cc1. The molecule has 24 heavy (non-hydrogen) atoms. The highest BCUT2D eigenvalue weighted by Gasteiger charge is 2.37. The fraction of sp³-hybridized carbons (Fsp3) is 0.556. The molecular formula is C18H26ClN3O2. The zero-order valence-electron chi connectivity index (χ0n) is 14.3. The molecule has 5 nitrogen and oxygen atoms in total. The van der Waals surface area contributed by atoms with Gasteiger partial charge >= 0.3 is 0 Å². The smallest absolute Gasteiger partial charge is 0.232 e.